The lowest BCUT2D eigenvalue weighted by Gasteiger charge is -2.17. The van der Waals surface area contributed by atoms with Crippen LogP contribution in [0.1, 0.15) is 31.1 Å². The molecule has 0 bridgehead atoms. The van der Waals surface area contributed by atoms with Gasteiger partial charge in [0, 0.05) is 17.0 Å². The Kier molecular flexibility index (Phi) is 7.37. The van der Waals surface area contributed by atoms with Gasteiger partial charge in [-0.25, -0.2) is 9.78 Å². The van der Waals surface area contributed by atoms with E-state index in [-0.39, 0.29) is 11.9 Å². The van der Waals surface area contributed by atoms with Crippen molar-refractivity contribution in [1.29, 1.82) is 0 Å². The molecule has 33 heavy (non-hydrogen) atoms. The number of nitrogens with zero attached hydrogens (tertiary/aromatic N) is 1. The van der Waals surface area contributed by atoms with Crippen molar-refractivity contribution in [3.63, 3.8) is 0 Å². The lowest BCUT2D eigenvalue weighted by atomic mass is 10.0. The number of esters is 1. The SMILES string of the molecule is COc1cc(-c2cc(C(=O)OC(C)C(=O)NC(C)C)c3ccccc3n2)cc(OC)c1OC. The zero-order chi connectivity index (χ0) is 24.1. The van der Waals surface area contributed by atoms with Crippen LogP contribution >= 0.6 is 0 Å². The van der Waals surface area contributed by atoms with E-state index in [1.807, 2.05) is 32.0 Å². The van der Waals surface area contributed by atoms with Gasteiger partial charge in [0.2, 0.25) is 5.75 Å². The Balaban J connectivity index is 2.08. The van der Waals surface area contributed by atoms with Crippen LogP contribution in [0, 0.1) is 0 Å². The third-order valence-corrected chi connectivity index (χ3v) is 4.98. The maximum absolute atomic E-state index is 13.1. The molecule has 0 radical (unpaired) electrons. The lowest BCUT2D eigenvalue weighted by Crippen LogP contribution is -2.39. The molecule has 0 aliphatic rings. The Morgan fingerprint density at radius 2 is 1.55 bits per heavy atom. The molecule has 0 aliphatic carbocycles. The van der Waals surface area contributed by atoms with Crippen LogP contribution in [0.2, 0.25) is 0 Å². The highest BCUT2D eigenvalue weighted by molar-refractivity contribution is 6.05. The molecule has 8 heteroatoms. The fraction of sp³-hybridized carbons (Fsp3) is 0.320. The monoisotopic (exact) mass is 452 g/mol. The van der Waals surface area contributed by atoms with Crippen LogP contribution in [0.5, 0.6) is 17.2 Å². The first-order valence-corrected chi connectivity index (χ1v) is 10.5. The second kappa shape index (κ2) is 10.2. The normalized spacial score (nSPS) is 11.7. The lowest BCUT2D eigenvalue weighted by molar-refractivity contribution is -0.129. The third-order valence-electron chi connectivity index (χ3n) is 4.98. The third kappa shape index (κ3) is 5.16. The Labute approximate surface area is 192 Å². The molecule has 1 amide bonds. The summed E-state index contributed by atoms with van der Waals surface area (Å²) in [4.78, 5) is 30.0. The number of methoxy groups -OCH3 is 3. The highest BCUT2D eigenvalue weighted by Gasteiger charge is 2.23. The van der Waals surface area contributed by atoms with Crippen molar-refractivity contribution in [3.8, 4) is 28.5 Å². The van der Waals surface area contributed by atoms with Gasteiger partial charge < -0.3 is 24.3 Å². The van der Waals surface area contributed by atoms with E-state index < -0.39 is 12.1 Å². The fourth-order valence-corrected chi connectivity index (χ4v) is 3.40. The predicted octanol–water partition coefficient (Wildman–Crippen LogP) is 4.00. The summed E-state index contributed by atoms with van der Waals surface area (Å²) in [6.45, 7) is 5.22. The van der Waals surface area contributed by atoms with Crippen LogP contribution in [0.4, 0.5) is 0 Å². The molecule has 8 nitrogen and oxygen atoms in total. The highest BCUT2D eigenvalue weighted by atomic mass is 16.5. The summed E-state index contributed by atoms with van der Waals surface area (Å²) in [6, 6.07) is 12.3. The maximum atomic E-state index is 13.1. The van der Waals surface area contributed by atoms with Crippen molar-refractivity contribution in [2.75, 3.05) is 21.3 Å². The number of benzene rings is 2. The van der Waals surface area contributed by atoms with Gasteiger partial charge in [-0.1, -0.05) is 18.2 Å². The average molecular weight is 453 g/mol. The topological polar surface area (TPSA) is 96.0 Å². The van der Waals surface area contributed by atoms with Crippen LogP contribution in [-0.4, -0.2) is 50.3 Å². The van der Waals surface area contributed by atoms with E-state index in [9.17, 15) is 9.59 Å². The molecule has 0 saturated heterocycles. The van der Waals surface area contributed by atoms with Crippen LogP contribution in [0.15, 0.2) is 42.5 Å². The van der Waals surface area contributed by atoms with Gasteiger partial charge in [0.15, 0.2) is 17.6 Å². The zero-order valence-corrected chi connectivity index (χ0v) is 19.6. The van der Waals surface area contributed by atoms with Crippen LogP contribution in [0.25, 0.3) is 22.2 Å². The standard InChI is InChI=1S/C25H28N2O6/c1-14(2)26-24(28)15(3)33-25(29)18-13-20(27-19-10-8-7-9-17(18)19)16-11-21(30-4)23(32-6)22(12-16)31-5/h7-15H,1-6H3,(H,26,28). The number of amides is 1. The summed E-state index contributed by atoms with van der Waals surface area (Å²) in [5.41, 5.74) is 2.08. The number of nitrogens with one attached hydrogen (secondary N) is 1. The molecule has 1 aromatic heterocycles. The van der Waals surface area contributed by atoms with E-state index in [0.29, 0.717) is 45.0 Å². The van der Waals surface area contributed by atoms with Gasteiger partial charge in [-0.3, -0.25) is 4.79 Å². The number of carbonyl (C=O) groups excluding carboxylic acids is 2. The van der Waals surface area contributed by atoms with Gasteiger partial charge in [-0.15, -0.1) is 0 Å². The molecule has 1 atom stereocenters. The zero-order valence-electron chi connectivity index (χ0n) is 19.6. The summed E-state index contributed by atoms with van der Waals surface area (Å²) in [5, 5.41) is 3.36. The Morgan fingerprint density at radius 3 is 2.12 bits per heavy atom. The van der Waals surface area contributed by atoms with Gasteiger partial charge in [-0.2, -0.15) is 0 Å². The largest absolute Gasteiger partial charge is 0.493 e. The Bertz CT molecular complexity index is 1150. The number of pyridine rings is 1. The first-order valence-electron chi connectivity index (χ1n) is 10.5. The molecule has 1 unspecified atom stereocenters. The van der Waals surface area contributed by atoms with Gasteiger partial charge in [0.1, 0.15) is 0 Å². The molecule has 1 heterocycles. The summed E-state index contributed by atoms with van der Waals surface area (Å²) >= 11 is 0. The van der Waals surface area contributed by atoms with Gasteiger partial charge in [0.05, 0.1) is 38.1 Å². The number of aromatic nitrogens is 1. The predicted molar refractivity (Wildman–Crippen MR) is 125 cm³/mol. The van der Waals surface area contributed by atoms with Crippen molar-refractivity contribution in [2.45, 2.75) is 32.9 Å². The molecule has 0 saturated carbocycles. The van der Waals surface area contributed by atoms with Gasteiger partial charge >= 0.3 is 5.97 Å². The van der Waals surface area contributed by atoms with Crippen molar-refractivity contribution >= 4 is 22.8 Å². The summed E-state index contributed by atoms with van der Waals surface area (Å²) in [7, 11) is 4.58. The molecule has 1 N–H and O–H groups in total. The number of hydrogen-bond donors (Lipinski definition) is 1. The first-order chi connectivity index (χ1) is 15.8. The van der Waals surface area contributed by atoms with Crippen LogP contribution in [0.3, 0.4) is 0 Å². The van der Waals surface area contributed by atoms with E-state index in [0.717, 1.165) is 0 Å². The number of carbonyl (C=O) groups is 2. The first kappa shape index (κ1) is 23.8. The van der Waals surface area contributed by atoms with E-state index in [2.05, 4.69) is 5.32 Å². The molecular weight excluding hydrogens is 424 g/mol. The summed E-state index contributed by atoms with van der Waals surface area (Å²) < 4.78 is 21.8. The number of para-hydroxylation sites is 1. The smallest absolute Gasteiger partial charge is 0.339 e. The van der Waals surface area contributed by atoms with E-state index in [1.165, 1.54) is 21.3 Å². The molecule has 0 spiro atoms. The van der Waals surface area contributed by atoms with Crippen molar-refractivity contribution in [2.24, 2.45) is 0 Å². The molecule has 174 valence electrons. The molecule has 0 fully saturated rings. The minimum absolute atomic E-state index is 0.0629. The average Bonchev–Trinajstić information content (AvgIpc) is 2.81. The van der Waals surface area contributed by atoms with Crippen molar-refractivity contribution < 1.29 is 28.5 Å². The molecule has 3 aromatic rings. The second-order valence-electron chi connectivity index (χ2n) is 7.70. The van der Waals surface area contributed by atoms with Crippen molar-refractivity contribution in [3.05, 3.63) is 48.0 Å². The second-order valence-corrected chi connectivity index (χ2v) is 7.70. The minimum Gasteiger partial charge on any atom is -0.493 e. The summed E-state index contributed by atoms with van der Waals surface area (Å²) in [6.07, 6.45) is -0.948. The molecule has 0 aliphatic heterocycles. The van der Waals surface area contributed by atoms with Crippen molar-refractivity contribution in [1.82, 2.24) is 10.3 Å². The molecule has 2 aromatic carbocycles. The van der Waals surface area contributed by atoms with E-state index in [4.69, 9.17) is 23.9 Å². The minimum atomic E-state index is -0.948. The Morgan fingerprint density at radius 1 is 0.909 bits per heavy atom. The van der Waals surface area contributed by atoms with E-state index in [1.54, 1.807) is 31.2 Å². The maximum Gasteiger partial charge on any atom is 0.339 e. The Hall–Kier alpha value is -3.81. The number of rotatable bonds is 8. The number of hydrogen-bond acceptors (Lipinski definition) is 7. The van der Waals surface area contributed by atoms with Gasteiger partial charge in [0.25, 0.3) is 5.91 Å². The fourth-order valence-electron chi connectivity index (χ4n) is 3.40. The number of fused-ring (bicyclic) bond motifs is 1. The quantitative estimate of drug-likeness (QED) is 0.516. The van der Waals surface area contributed by atoms with Crippen LogP contribution < -0.4 is 19.5 Å². The molecular formula is C25H28N2O6. The molecule has 3 rings (SSSR count). The van der Waals surface area contributed by atoms with Gasteiger partial charge in [-0.05, 0) is 45.0 Å². The number of ether oxygens (including phenoxy) is 4. The van der Waals surface area contributed by atoms with E-state index >= 15 is 0 Å². The van der Waals surface area contributed by atoms with Crippen LogP contribution in [-0.2, 0) is 9.53 Å². The summed E-state index contributed by atoms with van der Waals surface area (Å²) in [5.74, 6) is 0.402. The highest BCUT2D eigenvalue weighted by Crippen LogP contribution is 2.41.